The maximum absolute atomic E-state index is 11.7. The number of anilines is 1. The molecule has 3 aromatic rings. The maximum atomic E-state index is 11.7. The second-order valence-corrected chi connectivity index (χ2v) is 4.70. The third kappa shape index (κ3) is 1.86. The summed E-state index contributed by atoms with van der Waals surface area (Å²) in [7, 11) is 0. The van der Waals surface area contributed by atoms with Crippen LogP contribution in [0.1, 0.15) is 24.4 Å². The molecule has 1 heterocycles. The van der Waals surface area contributed by atoms with E-state index in [1.54, 1.807) is 0 Å². The molecular weight excluding hydrogens is 254 g/mol. The molecule has 0 bridgehead atoms. The van der Waals surface area contributed by atoms with Crippen LogP contribution in [0.15, 0.2) is 40.8 Å². The summed E-state index contributed by atoms with van der Waals surface area (Å²) < 4.78 is 5.61. The van der Waals surface area contributed by atoms with E-state index in [2.05, 4.69) is 5.32 Å². The highest BCUT2D eigenvalue weighted by Gasteiger charge is 2.20. The van der Waals surface area contributed by atoms with Crippen molar-refractivity contribution in [2.45, 2.75) is 13.8 Å². The van der Waals surface area contributed by atoms with E-state index in [1.165, 1.54) is 13.8 Å². The van der Waals surface area contributed by atoms with Gasteiger partial charge in [0.15, 0.2) is 11.5 Å². The molecule has 4 heteroatoms. The summed E-state index contributed by atoms with van der Waals surface area (Å²) in [5.41, 5.74) is 1.05. The van der Waals surface area contributed by atoms with E-state index >= 15 is 0 Å². The van der Waals surface area contributed by atoms with Crippen molar-refractivity contribution in [2.24, 2.45) is 0 Å². The Morgan fingerprint density at radius 1 is 1.05 bits per heavy atom. The van der Waals surface area contributed by atoms with Crippen molar-refractivity contribution in [2.75, 3.05) is 5.32 Å². The van der Waals surface area contributed by atoms with Gasteiger partial charge in [0.1, 0.15) is 5.58 Å². The fraction of sp³-hybridized carbons (Fsp3) is 0.125. The van der Waals surface area contributed by atoms with Crippen LogP contribution in [-0.2, 0) is 4.79 Å². The summed E-state index contributed by atoms with van der Waals surface area (Å²) in [4.78, 5) is 23.1. The van der Waals surface area contributed by atoms with Gasteiger partial charge in [-0.05, 0) is 16.8 Å². The van der Waals surface area contributed by atoms with Crippen LogP contribution in [0.4, 0.5) is 5.69 Å². The minimum atomic E-state index is -0.233. The monoisotopic (exact) mass is 267 g/mol. The van der Waals surface area contributed by atoms with E-state index in [0.29, 0.717) is 11.3 Å². The first-order valence-corrected chi connectivity index (χ1v) is 6.30. The van der Waals surface area contributed by atoms with E-state index < -0.39 is 0 Å². The molecule has 0 aliphatic heterocycles. The van der Waals surface area contributed by atoms with Crippen LogP contribution in [0.2, 0.25) is 0 Å². The Labute approximate surface area is 115 Å². The smallest absolute Gasteiger partial charge is 0.221 e. The Morgan fingerprint density at radius 3 is 2.50 bits per heavy atom. The van der Waals surface area contributed by atoms with E-state index in [4.69, 9.17) is 4.42 Å². The SMILES string of the molecule is CC(=O)Nc1c(C(C)=O)oc2ccc3ccccc3c12. The lowest BCUT2D eigenvalue weighted by atomic mass is 10.0. The molecule has 0 saturated heterocycles. The largest absolute Gasteiger partial charge is 0.451 e. The number of fused-ring (bicyclic) bond motifs is 3. The van der Waals surface area contributed by atoms with Gasteiger partial charge in [-0.2, -0.15) is 0 Å². The number of nitrogens with one attached hydrogen (secondary N) is 1. The van der Waals surface area contributed by atoms with Gasteiger partial charge in [0.2, 0.25) is 5.91 Å². The summed E-state index contributed by atoms with van der Waals surface area (Å²) in [6, 6.07) is 11.5. The zero-order chi connectivity index (χ0) is 14.3. The molecule has 2 aromatic carbocycles. The Balaban J connectivity index is 2.45. The number of benzene rings is 2. The minimum absolute atomic E-state index is 0.187. The molecule has 0 fully saturated rings. The van der Waals surface area contributed by atoms with Crippen LogP contribution >= 0.6 is 0 Å². The lowest BCUT2D eigenvalue weighted by Gasteiger charge is -2.03. The van der Waals surface area contributed by atoms with Crippen LogP contribution in [0.25, 0.3) is 21.7 Å². The molecule has 0 radical (unpaired) electrons. The van der Waals surface area contributed by atoms with Crippen molar-refractivity contribution in [3.05, 3.63) is 42.2 Å². The standard InChI is InChI=1S/C16H13NO3/c1-9(18)16-15(17-10(2)19)14-12-6-4-3-5-11(12)7-8-13(14)20-16/h3-8H,1-2H3,(H,17,19). The van der Waals surface area contributed by atoms with Crippen molar-refractivity contribution in [1.82, 2.24) is 0 Å². The van der Waals surface area contributed by atoms with E-state index in [-0.39, 0.29) is 17.5 Å². The molecule has 0 spiro atoms. The van der Waals surface area contributed by atoms with Crippen LogP contribution in [-0.4, -0.2) is 11.7 Å². The van der Waals surface area contributed by atoms with Crippen molar-refractivity contribution < 1.29 is 14.0 Å². The molecule has 0 unspecified atom stereocenters. The van der Waals surface area contributed by atoms with E-state index in [9.17, 15) is 9.59 Å². The second-order valence-electron chi connectivity index (χ2n) is 4.70. The van der Waals surface area contributed by atoms with Crippen molar-refractivity contribution in [3.8, 4) is 0 Å². The Hall–Kier alpha value is -2.62. The molecular formula is C16H13NO3. The van der Waals surface area contributed by atoms with Gasteiger partial charge in [-0.25, -0.2) is 0 Å². The highest BCUT2D eigenvalue weighted by molar-refractivity contribution is 6.19. The average Bonchev–Trinajstić information content (AvgIpc) is 2.77. The molecule has 1 amide bonds. The van der Waals surface area contributed by atoms with Crippen molar-refractivity contribution >= 4 is 39.1 Å². The molecule has 4 nitrogen and oxygen atoms in total. The maximum Gasteiger partial charge on any atom is 0.221 e. The number of hydrogen-bond acceptors (Lipinski definition) is 3. The van der Waals surface area contributed by atoms with E-state index in [1.807, 2.05) is 36.4 Å². The van der Waals surface area contributed by atoms with Gasteiger partial charge in [-0.15, -0.1) is 0 Å². The molecule has 100 valence electrons. The van der Waals surface area contributed by atoms with Crippen LogP contribution < -0.4 is 5.32 Å². The van der Waals surface area contributed by atoms with Gasteiger partial charge in [-0.1, -0.05) is 30.3 Å². The molecule has 20 heavy (non-hydrogen) atoms. The molecule has 3 rings (SSSR count). The van der Waals surface area contributed by atoms with Gasteiger partial charge in [0.25, 0.3) is 0 Å². The summed E-state index contributed by atoms with van der Waals surface area (Å²) in [6.45, 7) is 2.83. The van der Waals surface area contributed by atoms with Gasteiger partial charge in [0.05, 0.1) is 11.1 Å². The number of amides is 1. The van der Waals surface area contributed by atoms with Crippen molar-refractivity contribution in [1.29, 1.82) is 0 Å². The zero-order valence-electron chi connectivity index (χ0n) is 11.2. The van der Waals surface area contributed by atoms with Crippen LogP contribution in [0, 0.1) is 0 Å². The minimum Gasteiger partial charge on any atom is -0.451 e. The molecule has 0 atom stereocenters. The summed E-state index contributed by atoms with van der Waals surface area (Å²) in [5, 5.41) is 5.46. The second kappa shape index (κ2) is 4.49. The molecule has 0 saturated carbocycles. The van der Waals surface area contributed by atoms with Gasteiger partial charge < -0.3 is 9.73 Å². The normalized spacial score (nSPS) is 10.9. The first-order valence-electron chi connectivity index (χ1n) is 6.30. The molecule has 1 aromatic heterocycles. The van der Waals surface area contributed by atoms with E-state index in [0.717, 1.165) is 16.2 Å². The highest BCUT2D eigenvalue weighted by Crippen LogP contribution is 2.36. The lowest BCUT2D eigenvalue weighted by molar-refractivity contribution is -0.114. The van der Waals surface area contributed by atoms with Gasteiger partial charge in [-0.3, -0.25) is 9.59 Å². The topological polar surface area (TPSA) is 59.3 Å². The summed E-state index contributed by atoms with van der Waals surface area (Å²) in [5.74, 6) is -0.260. The first kappa shape index (κ1) is 12.4. The third-order valence-corrected chi connectivity index (χ3v) is 3.20. The number of rotatable bonds is 2. The number of furan rings is 1. The number of Topliss-reactive ketones (excluding diaryl/α,β-unsaturated/α-hetero) is 1. The predicted molar refractivity (Wildman–Crippen MR) is 78.0 cm³/mol. The zero-order valence-corrected chi connectivity index (χ0v) is 11.2. The molecule has 0 aliphatic rings. The fourth-order valence-electron chi connectivity index (χ4n) is 2.41. The fourth-order valence-corrected chi connectivity index (χ4v) is 2.41. The van der Waals surface area contributed by atoms with Crippen LogP contribution in [0.5, 0.6) is 0 Å². The lowest BCUT2D eigenvalue weighted by Crippen LogP contribution is -2.08. The summed E-state index contributed by atoms with van der Waals surface area (Å²) >= 11 is 0. The number of hydrogen-bond donors (Lipinski definition) is 1. The molecule has 0 aliphatic carbocycles. The van der Waals surface area contributed by atoms with Gasteiger partial charge >= 0.3 is 0 Å². The first-order chi connectivity index (χ1) is 9.58. The quantitative estimate of drug-likeness (QED) is 0.719. The van der Waals surface area contributed by atoms with Crippen molar-refractivity contribution in [3.63, 3.8) is 0 Å². The average molecular weight is 267 g/mol. The highest BCUT2D eigenvalue weighted by atomic mass is 16.3. The number of carbonyl (C=O) groups excluding carboxylic acids is 2. The third-order valence-electron chi connectivity index (χ3n) is 3.20. The summed E-state index contributed by atoms with van der Waals surface area (Å²) in [6.07, 6.45) is 0. The number of ketones is 1. The van der Waals surface area contributed by atoms with Crippen LogP contribution in [0.3, 0.4) is 0 Å². The predicted octanol–water partition coefficient (Wildman–Crippen LogP) is 3.75. The number of carbonyl (C=O) groups is 2. The Bertz CT molecular complexity index is 845. The molecule has 1 N–H and O–H groups in total. The van der Waals surface area contributed by atoms with Gasteiger partial charge in [0, 0.05) is 13.8 Å². The Kier molecular flexibility index (Phi) is 2.79. The Morgan fingerprint density at radius 2 is 1.80 bits per heavy atom.